The van der Waals surface area contributed by atoms with E-state index in [2.05, 4.69) is 10.5 Å². The molecule has 0 aliphatic heterocycles. The molecule has 0 aliphatic carbocycles. The van der Waals surface area contributed by atoms with E-state index in [1.807, 2.05) is 19.1 Å². The van der Waals surface area contributed by atoms with Crippen molar-refractivity contribution in [1.29, 1.82) is 0 Å². The van der Waals surface area contributed by atoms with Gasteiger partial charge in [0.2, 0.25) is 5.91 Å². The van der Waals surface area contributed by atoms with E-state index < -0.39 is 0 Å². The quantitative estimate of drug-likeness (QED) is 0.763. The van der Waals surface area contributed by atoms with Gasteiger partial charge in [0.05, 0.1) is 24.9 Å². The lowest BCUT2D eigenvalue weighted by Crippen LogP contribution is -2.15. The van der Waals surface area contributed by atoms with Crippen LogP contribution < -0.4 is 10.1 Å². The molecule has 0 spiro atoms. The first-order chi connectivity index (χ1) is 12.0. The number of aryl methyl sites for hydroxylation is 1. The van der Waals surface area contributed by atoms with Crippen LogP contribution in [0.3, 0.4) is 0 Å². The lowest BCUT2D eigenvalue weighted by molar-refractivity contribution is -0.115. The summed E-state index contributed by atoms with van der Waals surface area (Å²) in [6, 6.07) is 13.1. The van der Waals surface area contributed by atoms with Crippen LogP contribution in [0.25, 0.3) is 11.3 Å². The summed E-state index contributed by atoms with van der Waals surface area (Å²) in [7, 11) is 1.55. The fourth-order valence-electron chi connectivity index (χ4n) is 2.42. The highest BCUT2D eigenvalue weighted by molar-refractivity contribution is 5.93. The highest BCUT2D eigenvalue weighted by atomic mass is 19.1. The van der Waals surface area contributed by atoms with Gasteiger partial charge in [-0.25, -0.2) is 4.39 Å². The molecule has 0 bridgehead atoms. The minimum Gasteiger partial charge on any atom is -0.495 e. The first kappa shape index (κ1) is 16.7. The Bertz CT molecular complexity index is 888. The smallest absolute Gasteiger partial charge is 0.230 e. The molecule has 0 fully saturated rings. The molecular weight excluding hydrogens is 323 g/mol. The van der Waals surface area contributed by atoms with Crippen molar-refractivity contribution in [1.82, 2.24) is 5.16 Å². The Balaban J connectivity index is 1.70. The Hall–Kier alpha value is -3.15. The van der Waals surface area contributed by atoms with E-state index in [9.17, 15) is 9.18 Å². The SMILES string of the molecule is COc1ccc(C)cc1NC(=O)Cc1cc(-c2ccc(F)cc2)on1. The highest BCUT2D eigenvalue weighted by Gasteiger charge is 2.13. The van der Waals surface area contributed by atoms with Gasteiger partial charge < -0.3 is 14.6 Å². The van der Waals surface area contributed by atoms with Crippen molar-refractivity contribution in [2.24, 2.45) is 0 Å². The maximum Gasteiger partial charge on any atom is 0.230 e. The molecule has 3 rings (SSSR count). The molecule has 1 amide bonds. The minimum absolute atomic E-state index is 0.0573. The molecule has 3 aromatic rings. The number of aromatic nitrogens is 1. The number of carbonyl (C=O) groups is 1. The van der Waals surface area contributed by atoms with Crippen molar-refractivity contribution in [2.75, 3.05) is 12.4 Å². The van der Waals surface area contributed by atoms with Gasteiger partial charge in [0.1, 0.15) is 11.6 Å². The van der Waals surface area contributed by atoms with Crippen LogP contribution in [0.4, 0.5) is 10.1 Å². The lowest BCUT2D eigenvalue weighted by atomic mass is 10.1. The van der Waals surface area contributed by atoms with Crippen molar-refractivity contribution < 1.29 is 18.4 Å². The number of hydrogen-bond donors (Lipinski definition) is 1. The average Bonchev–Trinajstić information content (AvgIpc) is 3.04. The predicted octanol–water partition coefficient (Wildman–Crippen LogP) is 3.98. The summed E-state index contributed by atoms with van der Waals surface area (Å²) in [6.45, 7) is 1.93. The summed E-state index contributed by atoms with van der Waals surface area (Å²) in [5, 5.41) is 6.71. The van der Waals surface area contributed by atoms with Crippen LogP contribution >= 0.6 is 0 Å². The first-order valence-corrected chi connectivity index (χ1v) is 7.71. The van der Waals surface area contributed by atoms with Crippen LogP contribution in [0.5, 0.6) is 5.75 Å². The number of anilines is 1. The summed E-state index contributed by atoms with van der Waals surface area (Å²) < 4.78 is 23.4. The molecule has 0 saturated heterocycles. The van der Waals surface area contributed by atoms with E-state index in [0.717, 1.165) is 5.56 Å². The zero-order chi connectivity index (χ0) is 17.8. The Morgan fingerprint density at radius 1 is 1.20 bits per heavy atom. The minimum atomic E-state index is -0.324. The fraction of sp³-hybridized carbons (Fsp3) is 0.158. The number of ether oxygens (including phenoxy) is 1. The van der Waals surface area contributed by atoms with E-state index >= 15 is 0 Å². The molecule has 1 aromatic heterocycles. The molecule has 6 heteroatoms. The van der Waals surface area contributed by atoms with Gasteiger partial charge in [0, 0.05) is 11.6 Å². The molecule has 128 valence electrons. The van der Waals surface area contributed by atoms with Gasteiger partial charge in [-0.2, -0.15) is 0 Å². The average molecular weight is 340 g/mol. The van der Waals surface area contributed by atoms with E-state index in [-0.39, 0.29) is 18.1 Å². The normalized spacial score (nSPS) is 10.5. The number of methoxy groups -OCH3 is 1. The van der Waals surface area contributed by atoms with Gasteiger partial charge in [0.25, 0.3) is 0 Å². The fourth-order valence-corrected chi connectivity index (χ4v) is 2.42. The number of nitrogens with zero attached hydrogens (tertiary/aromatic N) is 1. The van der Waals surface area contributed by atoms with Crippen LogP contribution in [0.15, 0.2) is 53.1 Å². The maximum atomic E-state index is 13.0. The predicted molar refractivity (Wildman–Crippen MR) is 92.0 cm³/mol. The number of amides is 1. The van der Waals surface area contributed by atoms with E-state index in [1.54, 1.807) is 31.4 Å². The molecule has 1 heterocycles. The summed E-state index contributed by atoms with van der Waals surface area (Å²) in [6.07, 6.45) is 0.0573. The van der Waals surface area contributed by atoms with E-state index in [4.69, 9.17) is 9.26 Å². The summed E-state index contributed by atoms with van der Waals surface area (Å²) >= 11 is 0. The number of rotatable bonds is 5. The molecule has 0 radical (unpaired) electrons. The molecule has 0 saturated carbocycles. The third kappa shape index (κ3) is 4.03. The number of benzene rings is 2. The monoisotopic (exact) mass is 340 g/mol. The number of hydrogen-bond acceptors (Lipinski definition) is 4. The standard InChI is InChI=1S/C19H17FN2O3/c1-12-3-8-17(24-2)16(9-12)21-19(23)11-15-10-18(25-22-15)13-4-6-14(20)7-5-13/h3-10H,11H2,1-2H3,(H,21,23). The maximum absolute atomic E-state index is 13.0. The van der Waals surface area contributed by atoms with Crippen LogP contribution in [0.1, 0.15) is 11.3 Å². The van der Waals surface area contributed by atoms with Gasteiger partial charge in [0.15, 0.2) is 5.76 Å². The molecule has 0 aliphatic rings. The Morgan fingerprint density at radius 3 is 2.68 bits per heavy atom. The molecule has 1 N–H and O–H groups in total. The van der Waals surface area contributed by atoms with Crippen LogP contribution in [0, 0.1) is 12.7 Å². The van der Waals surface area contributed by atoms with Crippen LogP contribution in [-0.4, -0.2) is 18.2 Å². The largest absolute Gasteiger partial charge is 0.495 e. The summed E-state index contributed by atoms with van der Waals surface area (Å²) in [5.41, 5.74) is 2.80. The molecule has 5 nitrogen and oxygen atoms in total. The Kier molecular flexibility index (Phi) is 4.79. The summed E-state index contributed by atoms with van der Waals surface area (Å²) in [5.74, 6) is 0.514. The van der Waals surface area contributed by atoms with Gasteiger partial charge in [-0.1, -0.05) is 11.2 Å². The first-order valence-electron chi connectivity index (χ1n) is 7.71. The number of halogens is 1. The Labute approximate surface area is 144 Å². The van der Waals surface area contributed by atoms with Crippen LogP contribution in [0.2, 0.25) is 0 Å². The molecule has 0 atom stereocenters. The number of nitrogens with one attached hydrogen (secondary N) is 1. The van der Waals surface area contributed by atoms with Crippen molar-refractivity contribution in [3.63, 3.8) is 0 Å². The van der Waals surface area contributed by atoms with Crippen LogP contribution in [-0.2, 0) is 11.2 Å². The zero-order valence-electron chi connectivity index (χ0n) is 13.9. The van der Waals surface area contributed by atoms with Gasteiger partial charge in [-0.05, 0) is 48.9 Å². The molecule has 2 aromatic carbocycles. The third-order valence-electron chi connectivity index (χ3n) is 3.66. The van der Waals surface area contributed by atoms with E-state index in [0.29, 0.717) is 28.5 Å². The zero-order valence-corrected chi connectivity index (χ0v) is 13.9. The van der Waals surface area contributed by atoms with Gasteiger partial charge in [-0.15, -0.1) is 0 Å². The highest BCUT2D eigenvalue weighted by Crippen LogP contribution is 2.26. The second-order valence-electron chi connectivity index (χ2n) is 5.62. The number of carbonyl (C=O) groups excluding carboxylic acids is 1. The van der Waals surface area contributed by atoms with Crippen molar-refractivity contribution in [3.05, 3.63) is 65.6 Å². The van der Waals surface area contributed by atoms with Crippen molar-refractivity contribution >= 4 is 11.6 Å². The molecular formula is C19H17FN2O3. The second kappa shape index (κ2) is 7.17. The lowest BCUT2D eigenvalue weighted by Gasteiger charge is -2.10. The molecule has 25 heavy (non-hydrogen) atoms. The van der Waals surface area contributed by atoms with Crippen molar-refractivity contribution in [3.8, 4) is 17.1 Å². The van der Waals surface area contributed by atoms with Gasteiger partial charge >= 0.3 is 0 Å². The third-order valence-corrected chi connectivity index (χ3v) is 3.66. The Morgan fingerprint density at radius 2 is 1.96 bits per heavy atom. The van der Waals surface area contributed by atoms with E-state index in [1.165, 1.54) is 12.1 Å². The summed E-state index contributed by atoms with van der Waals surface area (Å²) in [4.78, 5) is 12.3. The van der Waals surface area contributed by atoms with Gasteiger partial charge in [-0.3, -0.25) is 4.79 Å². The van der Waals surface area contributed by atoms with Crippen molar-refractivity contribution in [2.45, 2.75) is 13.3 Å². The second-order valence-corrected chi connectivity index (χ2v) is 5.62. The topological polar surface area (TPSA) is 64.4 Å². The molecule has 0 unspecified atom stereocenters.